The Balaban J connectivity index is 1.62. The van der Waals surface area contributed by atoms with Crippen LogP contribution in [-0.2, 0) is 24.2 Å². The molecule has 3 aromatic rings. The summed E-state index contributed by atoms with van der Waals surface area (Å²) in [7, 11) is -3.96. The monoisotopic (exact) mass is 568 g/mol. The molecule has 1 saturated carbocycles. The molecule has 1 atom stereocenters. The Morgan fingerprint density at radius 1 is 1.19 bits per heavy atom. The summed E-state index contributed by atoms with van der Waals surface area (Å²) in [4.78, 5) is 40.3. The molecular weight excluding hydrogens is 547 g/mol. The van der Waals surface area contributed by atoms with Gasteiger partial charge in [-0.15, -0.1) is 11.3 Å². The van der Waals surface area contributed by atoms with Gasteiger partial charge in [0.15, 0.2) is 15.1 Å². The molecule has 0 radical (unpaired) electrons. The van der Waals surface area contributed by atoms with Crippen LogP contribution in [0.25, 0.3) is 21.3 Å². The first-order valence-corrected chi connectivity index (χ1v) is 14.2. The van der Waals surface area contributed by atoms with E-state index >= 15 is 0 Å². The Kier molecular flexibility index (Phi) is 7.78. The fraction of sp³-hybridized carbons (Fsp3) is 0.304. The molecule has 0 bridgehead atoms. The maximum Gasteiger partial charge on any atom is 0.250 e. The van der Waals surface area contributed by atoms with Crippen molar-refractivity contribution < 1.29 is 32.3 Å². The summed E-state index contributed by atoms with van der Waals surface area (Å²) < 4.78 is 40.0. The second kappa shape index (κ2) is 10.7. The number of anilines is 1. The molecule has 1 aliphatic carbocycles. The van der Waals surface area contributed by atoms with E-state index in [-0.39, 0.29) is 33.8 Å². The van der Waals surface area contributed by atoms with Crippen LogP contribution >= 0.6 is 22.9 Å². The highest BCUT2D eigenvalue weighted by atomic mass is 35.5. The number of nitrogens with one attached hydrogen (secondary N) is 3. The van der Waals surface area contributed by atoms with Crippen molar-refractivity contribution in [2.75, 3.05) is 24.7 Å². The van der Waals surface area contributed by atoms with Crippen molar-refractivity contribution in [2.24, 2.45) is 0 Å². The first-order chi connectivity index (χ1) is 17.5. The number of benzene rings is 2. The van der Waals surface area contributed by atoms with E-state index in [1.165, 1.54) is 24.3 Å². The normalized spacial score (nSPS) is 14.3. The number of fused-ring (bicyclic) bond motifs is 1. The number of aromatic nitrogens is 1. The smallest absolute Gasteiger partial charge is 0.250 e. The van der Waals surface area contributed by atoms with E-state index in [9.17, 15) is 27.2 Å². The zero-order valence-electron chi connectivity index (χ0n) is 19.4. The number of aliphatic hydroxyl groups is 1. The van der Waals surface area contributed by atoms with Crippen LogP contribution in [0, 0.1) is 5.82 Å². The fourth-order valence-corrected chi connectivity index (χ4v) is 6.42. The van der Waals surface area contributed by atoms with Crippen LogP contribution in [0.1, 0.15) is 23.1 Å². The number of carbonyl (C=O) groups is 3. The summed E-state index contributed by atoms with van der Waals surface area (Å²) in [5.41, 5.74) is 1.06. The number of rotatable bonds is 9. The van der Waals surface area contributed by atoms with Crippen molar-refractivity contribution in [1.29, 1.82) is 0 Å². The predicted octanol–water partition coefficient (Wildman–Crippen LogP) is 2.17. The van der Waals surface area contributed by atoms with Gasteiger partial charge in [-0.2, -0.15) is 0 Å². The summed E-state index contributed by atoms with van der Waals surface area (Å²) in [6.45, 7) is -1.15. The highest BCUT2D eigenvalue weighted by Gasteiger charge is 2.34. The third-order valence-electron chi connectivity index (χ3n) is 5.44. The van der Waals surface area contributed by atoms with E-state index in [1.54, 1.807) is 6.07 Å². The van der Waals surface area contributed by atoms with Gasteiger partial charge in [-0.3, -0.25) is 14.4 Å². The fourth-order valence-electron chi connectivity index (χ4n) is 3.53. The molecule has 0 spiro atoms. The maximum absolute atomic E-state index is 14.5. The van der Waals surface area contributed by atoms with Crippen LogP contribution in [0.2, 0.25) is 5.02 Å². The van der Waals surface area contributed by atoms with Gasteiger partial charge in [-0.25, -0.2) is 17.8 Å². The van der Waals surface area contributed by atoms with Gasteiger partial charge in [0.2, 0.25) is 17.7 Å². The Morgan fingerprint density at radius 3 is 2.54 bits per heavy atom. The number of nitrogens with zero attached hydrogens (tertiary/aromatic N) is 1. The molecule has 0 saturated heterocycles. The van der Waals surface area contributed by atoms with Gasteiger partial charge in [-0.05, 0) is 48.2 Å². The number of hydrogen-bond acceptors (Lipinski definition) is 8. The molecular formula is C23H22ClFN4O6S2. The zero-order chi connectivity index (χ0) is 26.9. The molecule has 10 nitrogen and oxygen atoms in total. The van der Waals surface area contributed by atoms with E-state index in [2.05, 4.69) is 20.9 Å². The van der Waals surface area contributed by atoms with Gasteiger partial charge in [0, 0.05) is 12.3 Å². The van der Waals surface area contributed by atoms with Crippen molar-refractivity contribution in [3.05, 3.63) is 46.2 Å². The van der Waals surface area contributed by atoms with E-state index in [1.807, 2.05) is 0 Å². The average Bonchev–Trinajstić information content (AvgIpc) is 3.53. The minimum Gasteiger partial charge on any atom is -0.387 e. The minimum atomic E-state index is -3.96. The van der Waals surface area contributed by atoms with Gasteiger partial charge in [-0.1, -0.05) is 17.7 Å². The van der Waals surface area contributed by atoms with E-state index in [0.717, 1.165) is 30.4 Å². The van der Waals surface area contributed by atoms with Crippen LogP contribution in [0.4, 0.5) is 10.1 Å². The molecule has 1 heterocycles. The Morgan fingerprint density at radius 2 is 1.92 bits per heavy atom. The molecule has 4 N–H and O–H groups in total. The molecule has 14 heteroatoms. The van der Waals surface area contributed by atoms with Gasteiger partial charge in [0.1, 0.15) is 22.9 Å². The van der Waals surface area contributed by atoms with Crippen molar-refractivity contribution in [3.63, 3.8) is 0 Å². The molecule has 196 valence electrons. The first-order valence-electron chi connectivity index (χ1n) is 11.0. The molecule has 1 fully saturated rings. The van der Waals surface area contributed by atoms with Crippen molar-refractivity contribution in [3.8, 4) is 11.1 Å². The molecule has 4 rings (SSSR count). The van der Waals surface area contributed by atoms with Gasteiger partial charge < -0.3 is 21.1 Å². The number of halogens is 2. The number of thiazole rings is 1. The average molecular weight is 569 g/mol. The van der Waals surface area contributed by atoms with Crippen LogP contribution in [0.3, 0.4) is 0 Å². The lowest BCUT2D eigenvalue weighted by Gasteiger charge is -2.12. The first kappa shape index (κ1) is 26.9. The predicted molar refractivity (Wildman–Crippen MR) is 137 cm³/mol. The topological polar surface area (TPSA) is 155 Å². The SMILES string of the molecule is CS(=O)(=O)C(C(=O)NCC(=O)NC1CC1)c1nc2c(Cl)cc(-c3ccc(NC(=O)CO)c(F)c3)cc2s1. The lowest BCUT2D eigenvalue weighted by atomic mass is 10.0. The van der Waals surface area contributed by atoms with Crippen LogP contribution in [0.5, 0.6) is 0 Å². The number of hydrogen-bond donors (Lipinski definition) is 4. The van der Waals surface area contributed by atoms with E-state index in [0.29, 0.717) is 15.8 Å². The van der Waals surface area contributed by atoms with Gasteiger partial charge >= 0.3 is 0 Å². The summed E-state index contributed by atoms with van der Waals surface area (Å²) in [6, 6.07) is 7.29. The van der Waals surface area contributed by atoms with E-state index < -0.39 is 45.2 Å². The standard InChI is InChI=1S/C23H22ClFN4O6S2/c1-37(34,35)21(22(33)26-9-18(31)27-13-3-4-13)23-29-20-14(24)6-12(8-17(20)36-23)11-2-5-16(15(25)7-11)28-19(32)10-30/h2,5-8,13,21,30H,3-4,9-10H2,1H3,(H,26,33)(H,27,31)(H,28,32). The number of carbonyl (C=O) groups excluding carboxylic acids is 3. The van der Waals surface area contributed by atoms with Crippen molar-refractivity contribution >= 4 is 66.4 Å². The number of sulfone groups is 1. The van der Waals surface area contributed by atoms with Crippen LogP contribution in [-0.4, -0.2) is 61.7 Å². The summed E-state index contributed by atoms with van der Waals surface area (Å²) in [5, 5.41) is 14.6. The largest absolute Gasteiger partial charge is 0.387 e. The Bertz CT molecular complexity index is 1510. The maximum atomic E-state index is 14.5. The Hall–Kier alpha value is -3.13. The molecule has 1 unspecified atom stereocenters. The molecule has 2 aromatic carbocycles. The van der Waals surface area contributed by atoms with Crippen molar-refractivity contribution in [1.82, 2.24) is 15.6 Å². The molecule has 37 heavy (non-hydrogen) atoms. The lowest BCUT2D eigenvalue weighted by molar-refractivity contribution is -0.126. The van der Waals surface area contributed by atoms with Gasteiger partial charge in [0.25, 0.3) is 0 Å². The highest BCUT2D eigenvalue weighted by molar-refractivity contribution is 7.91. The quantitative estimate of drug-likeness (QED) is 0.308. The second-order valence-corrected chi connectivity index (χ2v) is 12.1. The number of amides is 3. The lowest BCUT2D eigenvalue weighted by Crippen LogP contribution is -2.41. The van der Waals surface area contributed by atoms with Gasteiger partial charge in [0.05, 0.1) is 22.0 Å². The molecule has 1 aliphatic rings. The summed E-state index contributed by atoms with van der Waals surface area (Å²) >= 11 is 7.34. The third-order valence-corrected chi connectivity index (χ3v) is 8.24. The summed E-state index contributed by atoms with van der Waals surface area (Å²) in [5.74, 6) is -2.79. The summed E-state index contributed by atoms with van der Waals surface area (Å²) in [6.07, 6.45) is 2.65. The molecule has 3 amide bonds. The highest BCUT2D eigenvalue weighted by Crippen LogP contribution is 2.37. The molecule has 0 aliphatic heterocycles. The van der Waals surface area contributed by atoms with Crippen LogP contribution < -0.4 is 16.0 Å². The van der Waals surface area contributed by atoms with E-state index in [4.69, 9.17) is 16.7 Å². The third kappa shape index (κ3) is 6.42. The number of aliphatic hydroxyl groups excluding tert-OH is 1. The second-order valence-electron chi connectivity index (χ2n) is 8.53. The Labute approximate surface area is 220 Å². The zero-order valence-corrected chi connectivity index (χ0v) is 21.8. The van der Waals surface area contributed by atoms with Crippen LogP contribution in [0.15, 0.2) is 30.3 Å². The van der Waals surface area contributed by atoms with Crippen molar-refractivity contribution in [2.45, 2.75) is 24.1 Å². The molecule has 1 aromatic heterocycles. The minimum absolute atomic E-state index is 0.0232.